The molecule has 2 N–H and O–H groups in total. The Kier molecular flexibility index (Phi) is 8.56. The number of amides is 2. The Morgan fingerprint density at radius 2 is 1.87 bits per heavy atom. The lowest BCUT2D eigenvalue weighted by Crippen LogP contribution is -2.56. The summed E-state index contributed by atoms with van der Waals surface area (Å²) in [7, 11) is 1.83. The maximum absolute atomic E-state index is 14.0. The highest BCUT2D eigenvalue weighted by Gasteiger charge is 2.55. The summed E-state index contributed by atoms with van der Waals surface area (Å²) in [6, 6.07) is 14.4. The molecular formula is C31H41FN4O2. The van der Waals surface area contributed by atoms with Crippen molar-refractivity contribution in [2.75, 3.05) is 26.7 Å². The molecule has 2 amide bonds. The second-order valence-corrected chi connectivity index (χ2v) is 10.7. The van der Waals surface area contributed by atoms with Gasteiger partial charge in [-0.1, -0.05) is 58.0 Å². The molecule has 0 saturated carbocycles. The summed E-state index contributed by atoms with van der Waals surface area (Å²) in [6.07, 6.45) is 4.06. The summed E-state index contributed by atoms with van der Waals surface area (Å²) < 4.78 is 13.6. The van der Waals surface area contributed by atoms with Gasteiger partial charge in [0.05, 0.1) is 11.5 Å². The summed E-state index contributed by atoms with van der Waals surface area (Å²) in [5.41, 5.74) is 2.44. The fourth-order valence-electron chi connectivity index (χ4n) is 6.27. The predicted molar refractivity (Wildman–Crippen MR) is 150 cm³/mol. The number of halogens is 1. The van der Waals surface area contributed by atoms with Gasteiger partial charge in [-0.2, -0.15) is 0 Å². The van der Waals surface area contributed by atoms with Gasteiger partial charge in [-0.15, -0.1) is 0 Å². The number of likely N-dealkylation sites (tertiary alicyclic amines) is 2. The van der Waals surface area contributed by atoms with Gasteiger partial charge in [-0.25, -0.2) is 4.39 Å². The van der Waals surface area contributed by atoms with E-state index in [1.54, 1.807) is 17.0 Å². The number of carbonyl (C=O) groups excluding carboxylic acids is 2. The van der Waals surface area contributed by atoms with E-state index in [2.05, 4.69) is 16.4 Å². The largest absolute Gasteiger partial charge is 0.361 e. The van der Waals surface area contributed by atoms with Crippen molar-refractivity contribution in [1.82, 2.24) is 20.1 Å². The zero-order valence-electron chi connectivity index (χ0n) is 23.3. The number of likely N-dealkylation sites (N-methyl/N-ethyl adjacent to an activating group) is 1. The SMILES string of the molecule is CC.CC(C)NC(Cc1c[nH]c2ccccc12)C(=O)N1CCCC2(C1)C(=O)N(C)CC2c1ccc(F)cc1. The van der Waals surface area contributed by atoms with Crippen molar-refractivity contribution in [3.05, 3.63) is 71.7 Å². The molecule has 1 spiro atoms. The molecule has 2 aliphatic heterocycles. The standard InChI is InChI=1S/C29H35FN4O2.C2H6/c1-19(2)32-26(15-21-16-31-25-8-5-4-7-23(21)25)27(35)34-14-6-13-29(18-34)24(17-33(3)28(29)36)20-9-11-22(30)12-10-20;1-2/h4-5,7-12,16,19,24,26,31-32H,6,13-15,17-18H2,1-3H3;1-2H3. The molecule has 2 aromatic carbocycles. The molecule has 1 aromatic heterocycles. The van der Waals surface area contributed by atoms with E-state index in [0.29, 0.717) is 26.1 Å². The Bertz CT molecular complexity index is 1250. The van der Waals surface area contributed by atoms with Crippen LogP contribution >= 0.6 is 0 Å². The number of H-pyrrole nitrogens is 1. The van der Waals surface area contributed by atoms with E-state index >= 15 is 0 Å². The van der Waals surface area contributed by atoms with Crippen LogP contribution in [-0.4, -0.2) is 65.4 Å². The number of fused-ring (bicyclic) bond motifs is 1. The molecule has 3 aromatic rings. The average Bonchev–Trinajstić information content (AvgIpc) is 3.44. The smallest absolute Gasteiger partial charge is 0.240 e. The third-order valence-electron chi connectivity index (χ3n) is 7.94. The highest BCUT2D eigenvalue weighted by Crippen LogP contribution is 2.49. The summed E-state index contributed by atoms with van der Waals surface area (Å²) in [6.45, 7) is 9.70. The molecule has 38 heavy (non-hydrogen) atoms. The van der Waals surface area contributed by atoms with Crippen LogP contribution in [0, 0.1) is 11.2 Å². The molecule has 7 heteroatoms. The Morgan fingerprint density at radius 1 is 1.16 bits per heavy atom. The Balaban J connectivity index is 0.00000164. The van der Waals surface area contributed by atoms with E-state index in [0.717, 1.165) is 34.9 Å². The normalized spacial score (nSPS) is 22.2. The molecule has 0 aliphatic carbocycles. The molecule has 3 heterocycles. The minimum Gasteiger partial charge on any atom is -0.361 e. The molecular weight excluding hydrogens is 479 g/mol. The van der Waals surface area contributed by atoms with Crippen molar-refractivity contribution >= 4 is 22.7 Å². The van der Waals surface area contributed by atoms with Crippen molar-refractivity contribution in [1.29, 1.82) is 0 Å². The van der Waals surface area contributed by atoms with Gasteiger partial charge in [0.2, 0.25) is 11.8 Å². The van der Waals surface area contributed by atoms with Gasteiger partial charge in [-0.05, 0) is 48.6 Å². The van der Waals surface area contributed by atoms with Crippen LogP contribution < -0.4 is 5.32 Å². The number of aromatic nitrogens is 1. The van der Waals surface area contributed by atoms with Crippen LogP contribution in [0.3, 0.4) is 0 Å². The number of hydrogen-bond acceptors (Lipinski definition) is 3. The van der Waals surface area contributed by atoms with E-state index in [1.165, 1.54) is 12.1 Å². The fourth-order valence-corrected chi connectivity index (χ4v) is 6.27. The molecule has 2 aliphatic rings. The minimum atomic E-state index is -0.677. The first-order valence-corrected chi connectivity index (χ1v) is 13.9. The summed E-state index contributed by atoms with van der Waals surface area (Å²) in [5.74, 6) is -0.241. The number of nitrogens with one attached hydrogen (secondary N) is 2. The number of aromatic amines is 1. The zero-order valence-corrected chi connectivity index (χ0v) is 23.3. The van der Waals surface area contributed by atoms with Crippen LogP contribution in [0.2, 0.25) is 0 Å². The number of piperidine rings is 1. The lowest BCUT2D eigenvalue weighted by atomic mass is 9.69. The first-order valence-electron chi connectivity index (χ1n) is 13.9. The highest BCUT2D eigenvalue weighted by molar-refractivity contribution is 5.89. The number of nitrogens with zero attached hydrogens (tertiary/aromatic N) is 2. The van der Waals surface area contributed by atoms with E-state index in [-0.39, 0.29) is 29.6 Å². The van der Waals surface area contributed by atoms with Crippen molar-refractivity contribution in [2.45, 2.75) is 65.0 Å². The molecule has 2 fully saturated rings. The number of rotatable bonds is 6. The zero-order chi connectivity index (χ0) is 27.4. The van der Waals surface area contributed by atoms with Crippen LogP contribution in [0.1, 0.15) is 57.6 Å². The van der Waals surface area contributed by atoms with Crippen molar-refractivity contribution in [3.8, 4) is 0 Å². The highest BCUT2D eigenvalue weighted by atomic mass is 19.1. The number of benzene rings is 2. The molecule has 0 radical (unpaired) electrons. The van der Waals surface area contributed by atoms with Crippen molar-refractivity contribution < 1.29 is 14.0 Å². The predicted octanol–water partition coefficient (Wildman–Crippen LogP) is 5.11. The molecule has 6 nitrogen and oxygen atoms in total. The van der Waals surface area contributed by atoms with Crippen LogP contribution in [0.15, 0.2) is 54.7 Å². The van der Waals surface area contributed by atoms with Gasteiger partial charge in [0.25, 0.3) is 0 Å². The fraction of sp³-hybridized carbons (Fsp3) is 0.484. The monoisotopic (exact) mass is 520 g/mol. The van der Waals surface area contributed by atoms with Crippen molar-refractivity contribution in [3.63, 3.8) is 0 Å². The molecule has 5 rings (SSSR count). The van der Waals surface area contributed by atoms with Gasteiger partial charge in [0, 0.05) is 55.7 Å². The molecule has 2 saturated heterocycles. The Labute approximate surface area is 225 Å². The number of hydrogen-bond donors (Lipinski definition) is 2. The Hall–Kier alpha value is -3.19. The van der Waals surface area contributed by atoms with Gasteiger partial charge in [-0.3, -0.25) is 9.59 Å². The summed E-state index contributed by atoms with van der Waals surface area (Å²) >= 11 is 0. The summed E-state index contributed by atoms with van der Waals surface area (Å²) in [4.78, 5) is 34.5. The lowest BCUT2D eigenvalue weighted by Gasteiger charge is -2.43. The van der Waals surface area contributed by atoms with Crippen LogP contribution in [-0.2, 0) is 16.0 Å². The van der Waals surface area contributed by atoms with E-state index < -0.39 is 11.5 Å². The molecule has 204 valence electrons. The quantitative estimate of drug-likeness (QED) is 0.475. The topological polar surface area (TPSA) is 68.4 Å². The van der Waals surface area contributed by atoms with Gasteiger partial charge in [0.1, 0.15) is 5.82 Å². The first-order chi connectivity index (χ1) is 18.3. The van der Waals surface area contributed by atoms with Gasteiger partial charge >= 0.3 is 0 Å². The van der Waals surface area contributed by atoms with Gasteiger partial charge in [0.15, 0.2) is 0 Å². The van der Waals surface area contributed by atoms with E-state index in [1.807, 2.05) is 64.0 Å². The third kappa shape index (κ3) is 5.35. The van der Waals surface area contributed by atoms with Crippen LogP contribution in [0.25, 0.3) is 10.9 Å². The maximum atomic E-state index is 14.0. The molecule has 3 unspecified atom stereocenters. The number of para-hydroxylation sites is 1. The first kappa shape index (κ1) is 27.8. The second kappa shape index (κ2) is 11.7. The third-order valence-corrected chi connectivity index (χ3v) is 7.94. The average molecular weight is 521 g/mol. The van der Waals surface area contributed by atoms with E-state index in [4.69, 9.17) is 0 Å². The second-order valence-electron chi connectivity index (χ2n) is 10.7. The van der Waals surface area contributed by atoms with Gasteiger partial charge < -0.3 is 20.1 Å². The lowest BCUT2D eigenvalue weighted by molar-refractivity contribution is -0.144. The summed E-state index contributed by atoms with van der Waals surface area (Å²) in [5, 5.41) is 4.61. The van der Waals surface area contributed by atoms with Crippen LogP contribution in [0.4, 0.5) is 4.39 Å². The Morgan fingerprint density at radius 3 is 2.58 bits per heavy atom. The minimum absolute atomic E-state index is 0.0354. The van der Waals surface area contributed by atoms with Crippen molar-refractivity contribution in [2.24, 2.45) is 5.41 Å². The molecule has 3 atom stereocenters. The number of carbonyl (C=O) groups is 2. The molecule has 0 bridgehead atoms. The van der Waals surface area contributed by atoms with Crippen LogP contribution in [0.5, 0.6) is 0 Å². The maximum Gasteiger partial charge on any atom is 0.240 e. The van der Waals surface area contributed by atoms with E-state index in [9.17, 15) is 14.0 Å².